The minimum absolute atomic E-state index is 0.00343. The number of rotatable bonds is 1. The Kier molecular flexibility index (Phi) is 2.64. The lowest BCUT2D eigenvalue weighted by Gasteiger charge is -2.15. The summed E-state index contributed by atoms with van der Waals surface area (Å²) in [5, 5.41) is 4.10. The summed E-state index contributed by atoms with van der Waals surface area (Å²) in [5.41, 5.74) is 2.69. The highest BCUT2D eigenvalue weighted by atomic mass is 35.5. The first-order chi connectivity index (χ1) is 7.77. The molecule has 0 bridgehead atoms. The van der Waals surface area contributed by atoms with Gasteiger partial charge in [-0.15, -0.1) is 0 Å². The van der Waals surface area contributed by atoms with Crippen LogP contribution >= 0.6 is 11.6 Å². The molecule has 16 heavy (non-hydrogen) atoms. The summed E-state index contributed by atoms with van der Waals surface area (Å²) < 4.78 is 14.3. The van der Waals surface area contributed by atoms with Crippen LogP contribution in [0.1, 0.15) is 42.0 Å². The molecule has 1 atom stereocenters. The molecule has 3 rings (SSSR count). The first-order valence-electron chi connectivity index (χ1n) is 6.00. The largest absolute Gasteiger partial charge is 0.310 e. The highest BCUT2D eigenvalue weighted by Gasteiger charge is 2.26. The third kappa shape index (κ3) is 1.56. The fourth-order valence-electron chi connectivity index (χ4n) is 2.91. The summed E-state index contributed by atoms with van der Waals surface area (Å²) >= 11 is 6.23. The van der Waals surface area contributed by atoms with Gasteiger partial charge in [-0.05, 0) is 55.8 Å². The predicted molar refractivity (Wildman–Crippen MR) is 63.4 cm³/mol. The predicted octanol–water partition coefficient (Wildman–Crippen LogP) is 3.39. The second-order valence-corrected chi connectivity index (χ2v) is 5.13. The van der Waals surface area contributed by atoms with Gasteiger partial charge in [0.15, 0.2) is 0 Å². The normalized spacial score (nSPS) is 23.8. The molecule has 1 N–H and O–H groups in total. The van der Waals surface area contributed by atoms with E-state index in [-0.39, 0.29) is 11.9 Å². The van der Waals surface area contributed by atoms with E-state index >= 15 is 0 Å². The van der Waals surface area contributed by atoms with Crippen molar-refractivity contribution in [3.05, 3.63) is 33.6 Å². The third-order valence-corrected chi connectivity index (χ3v) is 4.08. The lowest BCUT2D eigenvalue weighted by atomic mass is 9.99. The molecule has 1 fully saturated rings. The van der Waals surface area contributed by atoms with Gasteiger partial charge in [0, 0.05) is 16.6 Å². The van der Waals surface area contributed by atoms with Gasteiger partial charge in [-0.1, -0.05) is 11.6 Å². The van der Waals surface area contributed by atoms with Crippen molar-refractivity contribution in [1.29, 1.82) is 0 Å². The Balaban J connectivity index is 2.08. The van der Waals surface area contributed by atoms with Crippen LogP contribution < -0.4 is 5.32 Å². The minimum atomic E-state index is -0.00343. The summed E-state index contributed by atoms with van der Waals surface area (Å²) in [6.07, 6.45) is 4.96. The lowest BCUT2D eigenvalue weighted by Crippen LogP contribution is -2.15. The molecule has 1 aromatic carbocycles. The van der Waals surface area contributed by atoms with E-state index in [0.29, 0.717) is 0 Å². The Hall–Kier alpha value is -0.600. The molecule has 1 aromatic rings. The quantitative estimate of drug-likeness (QED) is 0.792. The second-order valence-electron chi connectivity index (χ2n) is 4.72. The zero-order chi connectivity index (χ0) is 11.1. The first kappa shape index (κ1) is 10.5. The molecule has 0 saturated carbocycles. The van der Waals surface area contributed by atoms with Crippen LogP contribution in [0.4, 0.5) is 4.39 Å². The van der Waals surface area contributed by atoms with E-state index < -0.39 is 0 Å². The van der Waals surface area contributed by atoms with Crippen molar-refractivity contribution in [2.45, 2.75) is 38.1 Å². The Morgan fingerprint density at radius 1 is 1.25 bits per heavy atom. The van der Waals surface area contributed by atoms with Gasteiger partial charge in [-0.2, -0.15) is 0 Å². The molecule has 1 nitrogen and oxygen atoms in total. The average Bonchev–Trinajstić information content (AvgIpc) is 2.92. The van der Waals surface area contributed by atoms with E-state index in [2.05, 4.69) is 5.32 Å². The number of benzene rings is 1. The molecule has 1 saturated heterocycles. The van der Waals surface area contributed by atoms with E-state index in [1.54, 1.807) is 0 Å². The molecule has 1 heterocycles. The monoisotopic (exact) mass is 239 g/mol. The number of halogens is 2. The Labute approximate surface area is 100.0 Å². The van der Waals surface area contributed by atoms with Crippen molar-refractivity contribution in [1.82, 2.24) is 5.32 Å². The zero-order valence-electron chi connectivity index (χ0n) is 9.15. The zero-order valence-corrected chi connectivity index (χ0v) is 9.91. The van der Waals surface area contributed by atoms with Crippen LogP contribution in [0.15, 0.2) is 6.07 Å². The SMILES string of the molecule is Fc1c([C@@H]2CCCN2)cc(Cl)c2c1CCC2. The molecule has 0 aromatic heterocycles. The van der Waals surface area contributed by atoms with Crippen molar-refractivity contribution in [2.24, 2.45) is 0 Å². The van der Waals surface area contributed by atoms with Gasteiger partial charge in [0.05, 0.1) is 0 Å². The Morgan fingerprint density at radius 2 is 2.06 bits per heavy atom. The highest BCUT2D eigenvalue weighted by molar-refractivity contribution is 6.31. The van der Waals surface area contributed by atoms with Gasteiger partial charge in [-0.3, -0.25) is 0 Å². The summed E-state index contributed by atoms with van der Waals surface area (Å²) in [4.78, 5) is 0. The summed E-state index contributed by atoms with van der Waals surface area (Å²) in [6, 6.07) is 2.01. The van der Waals surface area contributed by atoms with Crippen molar-refractivity contribution in [2.75, 3.05) is 6.54 Å². The van der Waals surface area contributed by atoms with E-state index in [1.165, 1.54) is 0 Å². The third-order valence-electron chi connectivity index (χ3n) is 3.74. The smallest absolute Gasteiger partial charge is 0.131 e. The Morgan fingerprint density at radius 3 is 2.81 bits per heavy atom. The van der Waals surface area contributed by atoms with Crippen LogP contribution in [-0.2, 0) is 12.8 Å². The summed E-state index contributed by atoms with van der Waals surface area (Å²) in [5.74, 6) is -0.00343. The molecule has 1 aliphatic carbocycles. The molecular weight excluding hydrogens is 225 g/mol. The van der Waals surface area contributed by atoms with Crippen LogP contribution in [0.25, 0.3) is 0 Å². The molecule has 86 valence electrons. The maximum absolute atomic E-state index is 14.3. The lowest BCUT2D eigenvalue weighted by molar-refractivity contribution is 0.549. The van der Waals surface area contributed by atoms with Crippen LogP contribution in [0.2, 0.25) is 5.02 Å². The van der Waals surface area contributed by atoms with Gasteiger partial charge in [0.1, 0.15) is 5.82 Å². The van der Waals surface area contributed by atoms with Crippen LogP contribution in [0.3, 0.4) is 0 Å². The van der Waals surface area contributed by atoms with Gasteiger partial charge in [0.2, 0.25) is 0 Å². The highest BCUT2D eigenvalue weighted by Crippen LogP contribution is 2.36. The van der Waals surface area contributed by atoms with Crippen molar-refractivity contribution in [3.8, 4) is 0 Å². The van der Waals surface area contributed by atoms with Gasteiger partial charge >= 0.3 is 0 Å². The summed E-state index contributed by atoms with van der Waals surface area (Å²) in [7, 11) is 0. The van der Waals surface area contributed by atoms with Crippen LogP contribution in [0, 0.1) is 5.82 Å². The van der Waals surface area contributed by atoms with Crippen molar-refractivity contribution < 1.29 is 4.39 Å². The van der Waals surface area contributed by atoms with Gasteiger partial charge in [0.25, 0.3) is 0 Å². The molecule has 0 spiro atoms. The maximum atomic E-state index is 14.3. The second kappa shape index (κ2) is 4.01. The standard InChI is InChI=1S/C13H15ClFN/c14-11-7-10(12-5-2-6-16-12)13(15)9-4-1-3-8(9)11/h7,12,16H,1-6H2/t12-/m0/s1. The topological polar surface area (TPSA) is 12.0 Å². The molecule has 3 heteroatoms. The van der Waals surface area contributed by atoms with Crippen molar-refractivity contribution in [3.63, 3.8) is 0 Å². The maximum Gasteiger partial charge on any atom is 0.131 e. The molecule has 1 aliphatic heterocycles. The first-order valence-corrected chi connectivity index (χ1v) is 6.38. The van der Waals surface area contributed by atoms with Crippen LogP contribution in [0.5, 0.6) is 0 Å². The average molecular weight is 240 g/mol. The summed E-state index contributed by atoms with van der Waals surface area (Å²) in [6.45, 7) is 0.985. The molecule has 0 amide bonds. The van der Waals surface area contributed by atoms with E-state index in [0.717, 1.165) is 60.4 Å². The van der Waals surface area contributed by atoms with E-state index in [9.17, 15) is 4.39 Å². The van der Waals surface area contributed by atoms with Gasteiger partial charge in [-0.25, -0.2) is 4.39 Å². The molecular formula is C13H15ClFN. The number of hydrogen-bond donors (Lipinski definition) is 1. The minimum Gasteiger partial charge on any atom is -0.310 e. The number of nitrogens with one attached hydrogen (secondary N) is 1. The fourth-order valence-corrected chi connectivity index (χ4v) is 3.24. The Bertz CT molecular complexity index is 424. The van der Waals surface area contributed by atoms with E-state index in [1.807, 2.05) is 6.07 Å². The van der Waals surface area contributed by atoms with E-state index in [4.69, 9.17) is 11.6 Å². The molecule has 2 aliphatic rings. The van der Waals surface area contributed by atoms with Gasteiger partial charge < -0.3 is 5.32 Å². The number of fused-ring (bicyclic) bond motifs is 1. The van der Waals surface area contributed by atoms with Crippen LogP contribution in [-0.4, -0.2) is 6.54 Å². The molecule has 0 unspecified atom stereocenters. The molecule has 0 radical (unpaired) electrons. The fraction of sp³-hybridized carbons (Fsp3) is 0.538. The van der Waals surface area contributed by atoms with Crippen molar-refractivity contribution >= 4 is 11.6 Å². The number of hydrogen-bond acceptors (Lipinski definition) is 1.